The van der Waals surface area contributed by atoms with Crippen LogP contribution in [0.15, 0.2) is 69.0 Å². The summed E-state index contributed by atoms with van der Waals surface area (Å²) < 4.78 is 12.2. The van der Waals surface area contributed by atoms with Crippen molar-refractivity contribution in [1.29, 1.82) is 0 Å². The van der Waals surface area contributed by atoms with Crippen molar-refractivity contribution >= 4 is 29.1 Å². The van der Waals surface area contributed by atoms with Crippen LogP contribution in [-0.2, 0) is 0 Å². The molecule has 0 unspecified atom stereocenters. The largest absolute Gasteiger partial charge is 0.464 e. The van der Waals surface area contributed by atoms with Gasteiger partial charge < -0.3 is 9.15 Å². The highest BCUT2D eigenvalue weighted by Gasteiger charge is 2.41. The SMILES string of the molecule is CSc1ccc([C@@H]2Oc3ccc(Cl)cc3[C@@H]3CC(c4ccc(C)o4)=NN32)cc1. The van der Waals surface area contributed by atoms with E-state index in [0.29, 0.717) is 5.02 Å². The minimum absolute atomic E-state index is 0.0630. The number of hydrogen-bond donors (Lipinski definition) is 0. The average Bonchev–Trinajstić information content (AvgIpc) is 3.34. The molecule has 5 rings (SSSR count). The molecule has 0 radical (unpaired) electrons. The molecular weight excluding hydrogens is 392 g/mol. The summed E-state index contributed by atoms with van der Waals surface area (Å²) in [6.45, 7) is 1.95. The molecule has 0 saturated carbocycles. The van der Waals surface area contributed by atoms with Gasteiger partial charge in [-0.15, -0.1) is 11.8 Å². The Bertz CT molecular complexity index is 1060. The Morgan fingerprint density at radius 3 is 2.64 bits per heavy atom. The van der Waals surface area contributed by atoms with Gasteiger partial charge in [-0.25, -0.2) is 5.01 Å². The first-order chi connectivity index (χ1) is 13.6. The Morgan fingerprint density at radius 1 is 1.11 bits per heavy atom. The van der Waals surface area contributed by atoms with Crippen molar-refractivity contribution in [3.05, 3.63) is 82.3 Å². The number of hydrogen-bond acceptors (Lipinski definition) is 5. The van der Waals surface area contributed by atoms with Gasteiger partial charge in [0.25, 0.3) is 0 Å². The summed E-state index contributed by atoms with van der Waals surface area (Å²) in [6, 6.07) is 18.3. The van der Waals surface area contributed by atoms with Crippen molar-refractivity contribution < 1.29 is 9.15 Å². The van der Waals surface area contributed by atoms with Crippen molar-refractivity contribution in [3.63, 3.8) is 0 Å². The first-order valence-corrected chi connectivity index (χ1v) is 10.8. The van der Waals surface area contributed by atoms with Gasteiger partial charge in [0.15, 0.2) is 0 Å². The summed E-state index contributed by atoms with van der Waals surface area (Å²) in [7, 11) is 0. The second-order valence-electron chi connectivity index (χ2n) is 6.98. The van der Waals surface area contributed by atoms with Crippen molar-refractivity contribution in [3.8, 4) is 5.75 Å². The lowest BCUT2D eigenvalue weighted by molar-refractivity contribution is -0.0190. The van der Waals surface area contributed by atoms with Gasteiger partial charge in [0.2, 0.25) is 6.23 Å². The maximum absolute atomic E-state index is 6.37. The van der Waals surface area contributed by atoms with Gasteiger partial charge in [0.05, 0.1) is 6.04 Å². The monoisotopic (exact) mass is 410 g/mol. The van der Waals surface area contributed by atoms with Crippen molar-refractivity contribution in [1.82, 2.24) is 5.01 Å². The molecule has 4 nitrogen and oxygen atoms in total. The number of rotatable bonds is 3. The van der Waals surface area contributed by atoms with Gasteiger partial charge in [-0.2, -0.15) is 5.10 Å². The van der Waals surface area contributed by atoms with E-state index < -0.39 is 0 Å². The summed E-state index contributed by atoms with van der Waals surface area (Å²) in [5.41, 5.74) is 3.07. The molecule has 2 aromatic carbocycles. The Morgan fingerprint density at radius 2 is 1.93 bits per heavy atom. The van der Waals surface area contributed by atoms with Crippen LogP contribution in [0.3, 0.4) is 0 Å². The van der Waals surface area contributed by atoms with E-state index >= 15 is 0 Å². The third-order valence-corrected chi connectivity index (χ3v) is 6.16. The summed E-state index contributed by atoms with van der Waals surface area (Å²) in [4.78, 5) is 1.22. The number of thioether (sulfide) groups is 1. The molecule has 2 aliphatic heterocycles. The van der Waals surface area contributed by atoms with Crippen LogP contribution in [0.2, 0.25) is 5.02 Å². The first-order valence-electron chi connectivity index (χ1n) is 9.15. The molecule has 142 valence electrons. The van der Waals surface area contributed by atoms with Gasteiger partial charge in [0.1, 0.15) is 23.0 Å². The third-order valence-electron chi connectivity index (χ3n) is 5.18. The molecular formula is C22H19ClN2O2S. The average molecular weight is 411 g/mol. The topological polar surface area (TPSA) is 38.0 Å². The standard InChI is InChI=1S/C22H19ClN2O2S/c1-13-3-9-21(26-13)18-12-19-17-11-15(23)6-10-20(17)27-22(25(19)24-18)14-4-7-16(28-2)8-5-14/h3-11,19,22H,12H2,1-2H3/t19-,22-/m0/s1. The van der Waals surface area contributed by atoms with Crippen LogP contribution in [0.4, 0.5) is 0 Å². The van der Waals surface area contributed by atoms with Gasteiger partial charge in [0, 0.05) is 27.5 Å². The normalized spacial score (nSPS) is 20.4. The molecule has 1 aromatic heterocycles. The van der Waals surface area contributed by atoms with Crippen LogP contribution < -0.4 is 4.74 Å². The minimum atomic E-state index is -0.289. The van der Waals surface area contributed by atoms with Crippen LogP contribution in [0.25, 0.3) is 0 Å². The molecule has 0 bridgehead atoms. The summed E-state index contributed by atoms with van der Waals surface area (Å²) >= 11 is 8.00. The molecule has 3 heterocycles. The zero-order chi connectivity index (χ0) is 19.3. The van der Waals surface area contributed by atoms with E-state index in [1.54, 1.807) is 11.8 Å². The third kappa shape index (κ3) is 2.99. The zero-order valence-electron chi connectivity index (χ0n) is 15.6. The molecule has 6 heteroatoms. The molecule has 0 spiro atoms. The Labute approximate surface area is 173 Å². The Hall–Kier alpha value is -2.37. The molecule has 0 fully saturated rings. The lowest BCUT2D eigenvalue weighted by atomic mass is 9.97. The van der Waals surface area contributed by atoms with Crippen LogP contribution in [0.5, 0.6) is 5.75 Å². The molecule has 0 amide bonds. The fourth-order valence-electron chi connectivity index (χ4n) is 3.79. The van der Waals surface area contributed by atoms with Crippen LogP contribution in [0, 0.1) is 6.92 Å². The van der Waals surface area contributed by atoms with E-state index in [0.717, 1.165) is 40.5 Å². The van der Waals surface area contributed by atoms with Crippen molar-refractivity contribution in [2.24, 2.45) is 5.10 Å². The second kappa shape index (κ2) is 6.90. The smallest absolute Gasteiger partial charge is 0.213 e. The molecule has 0 aliphatic carbocycles. The predicted molar refractivity (Wildman–Crippen MR) is 112 cm³/mol. The highest BCUT2D eigenvalue weighted by Crippen LogP contribution is 2.48. The number of halogens is 1. The maximum atomic E-state index is 6.37. The van der Waals surface area contributed by atoms with E-state index in [4.69, 9.17) is 25.9 Å². The fraction of sp³-hybridized carbons (Fsp3) is 0.227. The lowest BCUT2D eigenvalue weighted by Crippen LogP contribution is -2.33. The molecule has 2 atom stereocenters. The van der Waals surface area contributed by atoms with Gasteiger partial charge in [-0.3, -0.25) is 0 Å². The van der Waals surface area contributed by atoms with E-state index in [1.807, 2.05) is 42.3 Å². The maximum Gasteiger partial charge on any atom is 0.213 e. The zero-order valence-corrected chi connectivity index (χ0v) is 17.1. The molecule has 0 saturated heterocycles. The molecule has 28 heavy (non-hydrogen) atoms. The number of hydrazone groups is 1. The molecule has 3 aromatic rings. The van der Waals surface area contributed by atoms with Gasteiger partial charge in [-0.1, -0.05) is 23.7 Å². The summed E-state index contributed by atoms with van der Waals surface area (Å²) in [6.07, 6.45) is 2.54. The number of fused-ring (bicyclic) bond motifs is 3. The summed E-state index contributed by atoms with van der Waals surface area (Å²) in [5.74, 6) is 2.55. The Kier molecular flexibility index (Phi) is 4.37. The number of benzene rings is 2. The number of aryl methyl sites for hydroxylation is 1. The van der Waals surface area contributed by atoms with Crippen LogP contribution >= 0.6 is 23.4 Å². The van der Waals surface area contributed by atoms with E-state index in [9.17, 15) is 0 Å². The summed E-state index contributed by atoms with van der Waals surface area (Å²) in [5, 5.41) is 7.65. The second-order valence-corrected chi connectivity index (χ2v) is 8.30. The van der Waals surface area contributed by atoms with Crippen LogP contribution in [-0.4, -0.2) is 17.0 Å². The minimum Gasteiger partial charge on any atom is -0.464 e. The highest BCUT2D eigenvalue weighted by atomic mass is 35.5. The first kappa shape index (κ1) is 17.7. The van der Waals surface area contributed by atoms with E-state index in [2.05, 4.69) is 30.5 Å². The molecule has 0 N–H and O–H groups in total. The van der Waals surface area contributed by atoms with Crippen molar-refractivity contribution in [2.45, 2.75) is 30.5 Å². The number of furan rings is 1. The van der Waals surface area contributed by atoms with Gasteiger partial charge >= 0.3 is 0 Å². The molecule has 2 aliphatic rings. The predicted octanol–water partition coefficient (Wildman–Crippen LogP) is 6.21. The van der Waals surface area contributed by atoms with E-state index in [1.165, 1.54) is 4.90 Å². The Balaban J connectivity index is 1.58. The number of nitrogens with zero attached hydrogens (tertiary/aromatic N) is 2. The van der Waals surface area contributed by atoms with Crippen LogP contribution in [0.1, 0.15) is 41.3 Å². The highest BCUT2D eigenvalue weighted by molar-refractivity contribution is 7.98. The lowest BCUT2D eigenvalue weighted by Gasteiger charge is -2.38. The van der Waals surface area contributed by atoms with E-state index in [-0.39, 0.29) is 12.3 Å². The van der Waals surface area contributed by atoms with Gasteiger partial charge in [-0.05, 0) is 55.6 Å². The number of ether oxygens (including phenoxy) is 1. The fourth-order valence-corrected chi connectivity index (χ4v) is 4.37. The quantitative estimate of drug-likeness (QED) is 0.481. The van der Waals surface area contributed by atoms with Crippen molar-refractivity contribution in [2.75, 3.05) is 6.26 Å².